The molecule has 1 saturated heterocycles. The van der Waals surface area contributed by atoms with E-state index in [1.54, 1.807) is 31.3 Å². The maximum absolute atomic E-state index is 11.9. The molecule has 1 aromatic rings. The van der Waals surface area contributed by atoms with E-state index in [1.165, 1.54) is 9.80 Å². The lowest BCUT2D eigenvalue weighted by Crippen LogP contribution is -2.53. The molecule has 1 aliphatic rings. The molecule has 6 nitrogen and oxygen atoms in total. The fourth-order valence-corrected chi connectivity index (χ4v) is 1.94. The van der Waals surface area contributed by atoms with Crippen LogP contribution in [0.2, 0.25) is 0 Å². The Labute approximate surface area is 110 Å². The van der Waals surface area contributed by atoms with Crippen LogP contribution in [0.5, 0.6) is 0 Å². The maximum Gasteiger partial charge on any atom is 0.316 e. The van der Waals surface area contributed by atoms with Crippen molar-refractivity contribution in [2.45, 2.75) is 0 Å². The first-order valence-corrected chi connectivity index (χ1v) is 5.95. The zero-order valence-corrected chi connectivity index (χ0v) is 10.6. The number of likely N-dealkylation sites (N-methyl/N-ethyl adjacent to an activating group) is 1. The van der Waals surface area contributed by atoms with Crippen LogP contribution >= 0.6 is 0 Å². The van der Waals surface area contributed by atoms with E-state index in [0.29, 0.717) is 24.3 Å². The van der Waals surface area contributed by atoms with Gasteiger partial charge in [0, 0.05) is 31.4 Å². The number of carbonyl (C=O) groups excluding carboxylic acids is 3. The Kier molecular flexibility index (Phi) is 3.62. The van der Waals surface area contributed by atoms with Crippen molar-refractivity contribution >= 4 is 23.3 Å². The predicted molar refractivity (Wildman–Crippen MR) is 69.8 cm³/mol. The van der Waals surface area contributed by atoms with Gasteiger partial charge in [0.15, 0.2) is 5.78 Å². The van der Waals surface area contributed by atoms with Crippen molar-refractivity contribution in [2.24, 2.45) is 5.73 Å². The summed E-state index contributed by atoms with van der Waals surface area (Å²) in [5, 5.41) is 0. The summed E-state index contributed by atoms with van der Waals surface area (Å²) < 4.78 is 0. The van der Waals surface area contributed by atoms with Crippen LogP contribution in [0.4, 0.5) is 5.69 Å². The molecule has 2 amide bonds. The smallest absolute Gasteiger partial charge is 0.316 e. The van der Waals surface area contributed by atoms with Crippen LogP contribution in [-0.4, -0.2) is 49.2 Å². The van der Waals surface area contributed by atoms with Crippen LogP contribution in [0.1, 0.15) is 10.4 Å². The Bertz CT molecular complexity index is 542. The van der Waals surface area contributed by atoms with Crippen molar-refractivity contribution in [1.82, 2.24) is 4.90 Å². The molecule has 2 N–H and O–H groups in total. The van der Waals surface area contributed by atoms with Gasteiger partial charge in [-0.25, -0.2) is 0 Å². The van der Waals surface area contributed by atoms with E-state index < -0.39 is 11.8 Å². The van der Waals surface area contributed by atoms with E-state index >= 15 is 0 Å². The number of nitrogens with two attached hydrogens (primary N) is 1. The van der Waals surface area contributed by atoms with Crippen LogP contribution in [0, 0.1) is 0 Å². The second kappa shape index (κ2) is 5.19. The molecule has 0 aliphatic carbocycles. The molecule has 0 atom stereocenters. The topological polar surface area (TPSA) is 83.7 Å². The van der Waals surface area contributed by atoms with E-state index in [4.69, 9.17) is 5.73 Å². The van der Waals surface area contributed by atoms with Gasteiger partial charge in [-0.3, -0.25) is 14.4 Å². The van der Waals surface area contributed by atoms with Crippen molar-refractivity contribution in [3.05, 3.63) is 29.8 Å². The average Bonchev–Trinajstić information content (AvgIpc) is 2.44. The summed E-state index contributed by atoms with van der Waals surface area (Å²) in [6.07, 6.45) is 0. The first-order valence-electron chi connectivity index (χ1n) is 5.95. The molecule has 6 heteroatoms. The van der Waals surface area contributed by atoms with Gasteiger partial charge in [-0.2, -0.15) is 0 Å². The molecule has 0 unspecified atom stereocenters. The number of Topliss-reactive ketones (excluding diaryl/α,β-unsaturated/α-hetero) is 1. The lowest BCUT2D eigenvalue weighted by Gasteiger charge is -2.31. The van der Waals surface area contributed by atoms with E-state index in [-0.39, 0.29) is 12.3 Å². The van der Waals surface area contributed by atoms with E-state index in [2.05, 4.69) is 0 Å². The molecular formula is C13H15N3O3. The number of amides is 2. The minimum atomic E-state index is -0.578. The molecule has 1 aromatic carbocycles. The van der Waals surface area contributed by atoms with Crippen molar-refractivity contribution in [3.63, 3.8) is 0 Å². The fourth-order valence-electron chi connectivity index (χ4n) is 1.94. The predicted octanol–water partition coefficient (Wildman–Crippen LogP) is -0.367. The minimum Gasteiger partial charge on any atom is -0.336 e. The number of piperazine rings is 1. The van der Waals surface area contributed by atoms with Gasteiger partial charge < -0.3 is 15.5 Å². The van der Waals surface area contributed by atoms with Gasteiger partial charge in [0.1, 0.15) is 0 Å². The van der Waals surface area contributed by atoms with E-state index in [1.807, 2.05) is 0 Å². The SMILES string of the molecule is CN1CCN(c2cccc(C(=O)CN)c2)C(=O)C1=O. The van der Waals surface area contributed by atoms with Gasteiger partial charge in [-0.15, -0.1) is 0 Å². The quantitative estimate of drug-likeness (QED) is 0.594. The van der Waals surface area contributed by atoms with Crippen molar-refractivity contribution in [3.8, 4) is 0 Å². The largest absolute Gasteiger partial charge is 0.336 e. The van der Waals surface area contributed by atoms with Gasteiger partial charge in [0.25, 0.3) is 0 Å². The summed E-state index contributed by atoms with van der Waals surface area (Å²) in [5.74, 6) is -1.32. The first-order chi connectivity index (χ1) is 9.04. The average molecular weight is 261 g/mol. The summed E-state index contributed by atoms with van der Waals surface area (Å²) in [4.78, 5) is 37.9. The summed E-state index contributed by atoms with van der Waals surface area (Å²) in [6.45, 7) is 0.806. The molecule has 0 spiro atoms. The zero-order valence-electron chi connectivity index (χ0n) is 10.6. The Balaban J connectivity index is 2.29. The molecular weight excluding hydrogens is 246 g/mol. The number of carbonyl (C=O) groups is 3. The number of rotatable bonds is 3. The highest BCUT2D eigenvalue weighted by atomic mass is 16.2. The number of hydrogen-bond donors (Lipinski definition) is 1. The number of ketones is 1. The summed E-state index contributed by atoms with van der Waals surface area (Å²) >= 11 is 0. The molecule has 1 heterocycles. The highest BCUT2D eigenvalue weighted by molar-refractivity contribution is 6.40. The molecule has 0 radical (unpaired) electrons. The van der Waals surface area contributed by atoms with Gasteiger partial charge in [0.2, 0.25) is 0 Å². The lowest BCUT2D eigenvalue weighted by molar-refractivity contribution is -0.145. The van der Waals surface area contributed by atoms with Crippen molar-refractivity contribution < 1.29 is 14.4 Å². The van der Waals surface area contributed by atoms with Crippen LogP contribution < -0.4 is 10.6 Å². The third-order valence-electron chi connectivity index (χ3n) is 3.10. The van der Waals surface area contributed by atoms with Gasteiger partial charge >= 0.3 is 11.8 Å². The number of benzene rings is 1. The van der Waals surface area contributed by atoms with E-state index in [9.17, 15) is 14.4 Å². The standard InChI is InChI=1S/C13H15N3O3/c1-15-5-6-16(13(19)12(15)18)10-4-2-3-9(7-10)11(17)8-14/h2-4,7H,5-6,8,14H2,1H3. The Hall–Kier alpha value is -2.21. The molecule has 19 heavy (non-hydrogen) atoms. The molecule has 2 rings (SSSR count). The Morgan fingerprint density at radius 3 is 2.68 bits per heavy atom. The maximum atomic E-state index is 11.9. The monoisotopic (exact) mass is 261 g/mol. The van der Waals surface area contributed by atoms with Crippen molar-refractivity contribution in [2.75, 3.05) is 31.6 Å². The van der Waals surface area contributed by atoms with Crippen LogP contribution in [0.25, 0.3) is 0 Å². The van der Waals surface area contributed by atoms with Gasteiger partial charge in [0.05, 0.1) is 6.54 Å². The molecule has 1 fully saturated rings. The van der Waals surface area contributed by atoms with Crippen LogP contribution in [-0.2, 0) is 9.59 Å². The Morgan fingerprint density at radius 1 is 1.26 bits per heavy atom. The van der Waals surface area contributed by atoms with Crippen molar-refractivity contribution in [1.29, 1.82) is 0 Å². The van der Waals surface area contributed by atoms with Crippen LogP contribution in [0.15, 0.2) is 24.3 Å². The summed E-state index contributed by atoms with van der Waals surface area (Å²) in [6, 6.07) is 6.60. The second-order valence-electron chi connectivity index (χ2n) is 4.36. The molecule has 100 valence electrons. The number of anilines is 1. The molecule has 0 aromatic heterocycles. The fraction of sp³-hybridized carbons (Fsp3) is 0.308. The first kappa shape index (κ1) is 13.2. The molecule has 0 saturated carbocycles. The summed E-state index contributed by atoms with van der Waals surface area (Å²) in [5.41, 5.74) is 6.30. The van der Waals surface area contributed by atoms with Gasteiger partial charge in [-0.05, 0) is 12.1 Å². The molecule has 1 aliphatic heterocycles. The van der Waals surface area contributed by atoms with Gasteiger partial charge in [-0.1, -0.05) is 12.1 Å². The summed E-state index contributed by atoms with van der Waals surface area (Å²) in [7, 11) is 1.59. The Morgan fingerprint density at radius 2 is 2.00 bits per heavy atom. The van der Waals surface area contributed by atoms with Crippen LogP contribution in [0.3, 0.4) is 0 Å². The third-order valence-corrected chi connectivity index (χ3v) is 3.10. The normalized spacial score (nSPS) is 15.9. The van der Waals surface area contributed by atoms with E-state index in [0.717, 1.165) is 0 Å². The number of nitrogens with zero attached hydrogens (tertiary/aromatic N) is 2. The lowest BCUT2D eigenvalue weighted by atomic mass is 10.1. The molecule has 0 bridgehead atoms. The minimum absolute atomic E-state index is 0.0843. The highest BCUT2D eigenvalue weighted by Gasteiger charge is 2.31. The second-order valence-corrected chi connectivity index (χ2v) is 4.36. The number of hydrogen-bond acceptors (Lipinski definition) is 4. The third kappa shape index (κ3) is 2.48. The zero-order chi connectivity index (χ0) is 14.0. The highest BCUT2D eigenvalue weighted by Crippen LogP contribution is 2.19.